The van der Waals surface area contributed by atoms with Crippen molar-refractivity contribution >= 4 is 49.0 Å². The normalized spacial score (nSPS) is 11.9. The zero-order valence-corrected chi connectivity index (χ0v) is 15.0. The first-order valence-electron chi connectivity index (χ1n) is 7.61. The van der Waals surface area contributed by atoms with Crippen LogP contribution in [0.4, 0.5) is 0 Å². The van der Waals surface area contributed by atoms with Crippen molar-refractivity contribution in [2.75, 3.05) is 0 Å². The average molecular weight is 363 g/mol. The van der Waals surface area contributed by atoms with Gasteiger partial charge in [0.05, 0.1) is 32.5 Å². The van der Waals surface area contributed by atoms with Gasteiger partial charge in [0, 0.05) is 5.56 Å². The molecule has 4 rings (SSSR count). The van der Waals surface area contributed by atoms with Crippen LogP contribution in [0.15, 0.2) is 46.9 Å². The molecule has 0 bridgehead atoms. The Bertz CT molecular complexity index is 1220. The lowest BCUT2D eigenvalue weighted by atomic mass is 10.2. The van der Waals surface area contributed by atoms with E-state index in [1.54, 1.807) is 11.6 Å². The predicted molar refractivity (Wildman–Crippen MR) is 103 cm³/mol. The number of aryl methyl sites for hydroxylation is 1. The highest BCUT2D eigenvalue weighted by atomic mass is 32.1. The van der Waals surface area contributed by atoms with Crippen molar-refractivity contribution in [2.45, 2.75) is 13.5 Å². The summed E-state index contributed by atoms with van der Waals surface area (Å²) < 4.78 is 3.95. The number of carbonyl (C=O) groups excluding carboxylic acids is 1. The number of hydrogen-bond acceptors (Lipinski definition) is 4. The van der Waals surface area contributed by atoms with Crippen LogP contribution in [0.1, 0.15) is 15.9 Å². The fraction of sp³-hybridized carbons (Fsp3) is 0.105. The van der Waals surface area contributed by atoms with Crippen LogP contribution in [0.2, 0.25) is 0 Å². The summed E-state index contributed by atoms with van der Waals surface area (Å²) in [5.74, 6) is 2.37. The van der Waals surface area contributed by atoms with Crippen molar-refractivity contribution in [3.63, 3.8) is 0 Å². The van der Waals surface area contributed by atoms with E-state index in [1.165, 1.54) is 22.7 Å². The van der Waals surface area contributed by atoms with Gasteiger partial charge >= 0.3 is 0 Å². The number of hydrogen-bond donors (Lipinski definition) is 0. The number of rotatable bonds is 2. The summed E-state index contributed by atoms with van der Waals surface area (Å²) in [6.07, 6.45) is 5.50. The Morgan fingerprint density at radius 2 is 2.16 bits per heavy atom. The van der Waals surface area contributed by atoms with Gasteiger partial charge in [-0.1, -0.05) is 23.3 Å². The summed E-state index contributed by atoms with van der Waals surface area (Å²) in [7, 11) is 0. The van der Waals surface area contributed by atoms with Crippen molar-refractivity contribution in [1.29, 1.82) is 0 Å². The highest BCUT2D eigenvalue weighted by Gasteiger charge is 2.10. The number of fused-ring (bicyclic) bond motifs is 2. The lowest BCUT2D eigenvalue weighted by Gasteiger charge is -2.00. The van der Waals surface area contributed by atoms with Crippen LogP contribution in [0, 0.1) is 19.3 Å². The number of amides is 1. The summed E-state index contributed by atoms with van der Waals surface area (Å²) >= 11 is 2.98. The fourth-order valence-corrected chi connectivity index (χ4v) is 4.49. The number of aromatic nitrogens is 2. The first-order chi connectivity index (χ1) is 12.2. The Balaban J connectivity index is 1.85. The smallest absolute Gasteiger partial charge is 0.279 e. The number of carbonyl (C=O) groups is 1. The van der Waals surface area contributed by atoms with E-state index in [9.17, 15) is 4.79 Å². The molecule has 0 N–H and O–H groups in total. The van der Waals surface area contributed by atoms with Gasteiger partial charge in [0.25, 0.3) is 5.91 Å². The Morgan fingerprint density at radius 3 is 3.00 bits per heavy atom. The van der Waals surface area contributed by atoms with Gasteiger partial charge in [0.15, 0.2) is 4.80 Å². The monoisotopic (exact) mass is 363 g/mol. The molecule has 4 aromatic rings. The van der Waals surface area contributed by atoms with E-state index in [4.69, 9.17) is 6.42 Å². The van der Waals surface area contributed by atoms with E-state index < -0.39 is 0 Å². The van der Waals surface area contributed by atoms with Gasteiger partial charge < -0.3 is 4.57 Å². The zero-order valence-electron chi connectivity index (χ0n) is 13.4. The van der Waals surface area contributed by atoms with Gasteiger partial charge in [-0.3, -0.25) is 4.79 Å². The largest absolute Gasteiger partial charge is 0.305 e. The van der Waals surface area contributed by atoms with Crippen LogP contribution in [-0.4, -0.2) is 15.5 Å². The van der Waals surface area contributed by atoms with Crippen molar-refractivity contribution in [2.24, 2.45) is 4.99 Å². The predicted octanol–water partition coefficient (Wildman–Crippen LogP) is 4.00. The molecule has 122 valence electrons. The molecule has 0 aliphatic rings. The lowest BCUT2D eigenvalue weighted by molar-refractivity contribution is 0.0998. The van der Waals surface area contributed by atoms with Crippen molar-refractivity contribution < 1.29 is 4.79 Å². The van der Waals surface area contributed by atoms with Crippen molar-refractivity contribution in [3.8, 4) is 12.3 Å². The summed E-state index contributed by atoms with van der Waals surface area (Å²) in [6, 6.07) is 11.6. The maximum atomic E-state index is 12.6. The van der Waals surface area contributed by atoms with E-state index in [0.29, 0.717) is 16.9 Å². The van der Waals surface area contributed by atoms with Gasteiger partial charge in [0.2, 0.25) is 0 Å². The van der Waals surface area contributed by atoms with E-state index in [1.807, 2.05) is 35.8 Å². The minimum atomic E-state index is -0.274. The fourth-order valence-electron chi connectivity index (χ4n) is 2.65. The summed E-state index contributed by atoms with van der Waals surface area (Å²) in [4.78, 5) is 21.8. The second-order valence-corrected chi connectivity index (χ2v) is 7.49. The van der Waals surface area contributed by atoms with Gasteiger partial charge in [-0.05, 0) is 42.8 Å². The summed E-state index contributed by atoms with van der Waals surface area (Å²) in [5.41, 5.74) is 5.37. The van der Waals surface area contributed by atoms with E-state index in [-0.39, 0.29) is 5.91 Å². The lowest BCUT2D eigenvalue weighted by Crippen LogP contribution is -2.16. The molecule has 0 unspecified atom stereocenters. The van der Waals surface area contributed by atoms with Crippen LogP contribution in [0.3, 0.4) is 0 Å². The van der Waals surface area contributed by atoms with Crippen molar-refractivity contribution in [1.82, 2.24) is 9.55 Å². The zero-order chi connectivity index (χ0) is 17.4. The second kappa shape index (κ2) is 6.28. The third kappa shape index (κ3) is 2.88. The second-order valence-electron chi connectivity index (χ2n) is 5.60. The maximum absolute atomic E-state index is 12.6. The molecular weight excluding hydrogens is 350 g/mol. The standard InChI is InChI=1S/C19H13N3OS2/c1-3-8-22-15-7-4-12(2)9-17(15)25-19(22)21-18(23)13-5-6-14-16(10-13)24-11-20-14/h1,4-7,9-11H,8H2,2H3. The van der Waals surface area contributed by atoms with E-state index in [2.05, 4.69) is 22.0 Å². The Kier molecular flexibility index (Phi) is 3.96. The molecule has 0 radical (unpaired) electrons. The van der Waals surface area contributed by atoms with Gasteiger partial charge in [-0.2, -0.15) is 4.99 Å². The SMILES string of the molecule is C#CCn1c(=NC(=O)c2ccc3ncsc3c2)sc2cc(C)ccc21. The minimum Gasteiger partial charge on any atom is -0.305 e. The molecule has 0 spiro atoms. The minimum absolute atomic E-state index is 0.274. The van der Waals surface area contributed by atoms with Crippen LogP contribution in [0.5, 0.6) is 0 Å². The van der Waals surface area contributed by atoms with Crippen LogP contribution < -0.4 is 4.80 Å². The molecule has 4 nitrogen and oxygen atoms in total. The highest BCUT2D eigenvalue weighted by Crippen LogP contribution is 2.21. The molecule has 2 heterocycles. The third-order valence-electron chi connectivity index (χ3n) is 3.86. The average Bonchev–Trinajstić information content (AvgIpc) is 3.19. The van der Waals surface area contributed by atoms with Crippen LogP contribution in [0.25, 0.3) is 20.4 Å². The summed E-state index contributed by atoms with van der Waals surface area (Å²) in [5, 5.41) is 0. The Labute approximate surface area is 152 Å². The molecule has 0 atom stereocenters. The van der Waals surface area contributed by atoms with E-state index >= 15 is 0 Å². The summed E-state index contributed by atoms with van der Waals surface area (Å²) in [6.45, 7) is 2.42. The number of terminal acetylenes is 1. The molecule has 2 aromatic heterocycles. The maximum Gasteiger partial charge on any atom is 0.279 e. The Morgan fingerprint density at radius 1 is 1.28 bits per heavy atom. The molecule has 0 saturated heterocycles. The third-order valence-corrected chi connectivity index (χ3v) is 5.70. The molecule has 0 fully saturated rings. The topological polar surface area (TPSA) is 47.2 Å². The van der Waals surface area contributed by atoms with Gasteiger partial charge in [-0.25, -0.2) is 4.98 Å². The van der Waals surface area contributed by atoms with Crippen LogP contribution in [-0.2, 0) is 6.54 Å². The Hall–Kier alpha value is -2.75. The molecule has 0 aliphatic carbocycles. The number of nitrogens with zero attached hydrogens (tertiary/aromatic N) is 3. The van der Waals surface area contributed by atoms with Crippen LogP contribution >= 0.6 is 22.7 Å². The number of benzene rings is 2. The molecule has 0 saturated carbocycles. The molecule has 25 heavy (non-hydrogen) atoms. The van der Waals surface area contributed by atoms with E-state index in [0.717, 1.165) is 26.0 Å². The first-order valence-corrected chi connectivity index (χ1v) is 9.31. The molecule has 6 heteroatoms. The molecule has 2 aromatic carbocycles. The number of thiazole rings is 2. The quantitative estimate of drug-likeness (QED) is 0.506. The molecule has 0 aliphatic heterocycles. The molecule has 1 amide bonds. The van der Waals surface area contributed by atoms with Gasteiger partial charge in [-0.15, -0.1) is 17.8 Å². The highest BCUT2D eigenvalue weighted by molar-refractivity contribution is 7.17. The van der Waals surface area contributed by atoms with Gasteiger partial charge in [0.1, 0.15) is 0 Å². The van der Waals surface area contributed by atoms with Crippen molar-refractivity contribution in [3.05, 3.63) is 57.8 Å². The molecular formula is C19H13N3OS2. The first kappa shape index (κ1) is 15.8.